The average Bonchev–Trinajstić information content (AvgIpc) is 2.37. The zero-order valence-corrected chi connectivity index (χ0v) is 10.7. The largest absolute Gasteiger partial charge is 0.488 e. The van der Waals surface area contributed by atoms with E-state index in [2.05, 4.69) is 5.32 Å². The van der Waals surface area contributed by atoms with Crippen LogP contribution in [0.1, 0.15) is 18.1 Å². The number of ether oxygens (including phenoxy) is 1. The van der Waals surface area contributed by atoms with Crippen LogP contribution in [0, 0.1) is 13.8 Å². The van der Waals surface area contributed by atoms with E-state index in [1.54, 1.807) is 6.92 Å². The highest BCUT2D eigenvalue weighted by Gasteiger charge is 2.22. The molecule has 0 saturated carbocycles. The number of rotatable bonds is 4. The molecule has 2 rings (SSSR count). The molecular weight excluding hydrogens is 230 g/mol. The smallest absolute Gasteiger partial charge is 0.272 e. The minimum atomic E-state index is -0.551. The number of benzene rings is 1. The highest BCUT2D eigenvalue weighted by atomic mass is 16.5. The van der Waals surface area contributed by atoms with Gasteiger partial charge in [-0.1, -0.05) is 12.1 Å². The van der Waals surface area contributed by atoms with E-state index in [9.17, 15) is 9.59 Å². The second-order valence-electron chi connectivity index (χ2n) is 4.24. The lowest BCUT2D eigenvalue weighted by Crippen LogP contribution is -2.35. The lowest BCUT2D eigenvalue weighted by molar-refractivity contribution is 0.335. The highest BCUT2D eigenvalue weighted by Crippen LogP contribution is 2.25. The third-order valence-corrected chi connectivity index (χ3v) is 2.81. The number of aryl methyl sites for hydroxylation is 2. The van der Waals surface area contributed by atoms with E-state index in [4.69, 9.17) is 4.74 Å². The van der Waals surface area contributed by atoms with Crippen molar-refractivity contribution in [2.75, 3.05) is 11.9 Å². The molecule has 4 heteroatoms. The second-order valence-corrected chi connectivity index (χ2v) is 4.24. The van der Waals surface area contributed by atoms with Crippen molar-refractivity contribution in [3.05, 3.63) is 49.8 Å². The Morgan fingerprint density at radius 3 is 2.56 bits per heavy atom. The molecule has 0 bridgehead atoms. The monoisotopic (exact) mass is 245 g/mol. The topological polar surface area (TPSA) is 55.4 Å². The first-order valence-corrected chi connectivity index (χ1v) is 5.85. The maximum absolute atomic E-state index is 11.5. The maximum atomic E-state index is 11.5. The summed E-state index contributed by atoms with van der Waals surface area (Å²) in [6, 6.07) is 5.89. The first kappa shape index (κ1) is 12.4. The molecule has 18 heavy (non-hydrogen) atoms. The van der Waals surface area contributed by atoms with Crippen LogP contribution in [0.25, 0.3) is 0 Å². The van der Waals surface area contributed by atoms with Gasteiger partial charge < -0.3 is 10.1 Å². The molecule has 0 heterocycles. The van der Waals surface area contributed by atoms with Crippen LogP contribution in [0.5, 0.6) is 5.75 Å². The Kier molecular flexibility index (Phi) is 3.19. The van der Waals surface area contributed by atoms with E-state index >= 15 is 0 Å². The zero-order valence-electron chi connectivity index (χ0n) is 10.7. The van der Waals surface area contributed by atoms with Gasteiger partial charge in [0.05, 0.1) is 6.61 Å². The Balaban J connectivity index is 2.35. The lowest BCUT2D eigenvalue weighted by Gasteiger charge is -2.15. The fraction of sp³-hybridized carbons (Fsp3) is 0.286. The molecule has 0 unspecified atom stereocenters. The summed E-state index contributed by atoms with van der Waals surface area (Å²) in [7, 11) is 0. The summed E-state index contributed by atoms with van der Waals surface area (Å²) in [5, 5.41) is 2.99. The van der Waals surface area contributed by atoms with E-state index in [0.717, 1.165) is 16.8 Å². The molecule has 2 aromatic carbocycles. The number of hydrogen-bond donors (Lipinski definition) is 1. The van der Waals surface area contributed by atoms with Crippen molar-refractivity contribution in [1.82, 2.24) is 0 Å². The second kappa shape index (κ2) is 4.64. The molecule has 0 aliphatic heterocycles. The minimum Gasteiger partial charge on any atom is -0.488 e. The van der Waals surface area contributed by atoms with Gasteiger partial charge in [0.1, 0.15) is 5.69 Å². The number of anilines is 2. The fourth-order valence-electron chi connectivity index (χ4n) is 1.77. The first-order chi connectivity index (χ1) is 8.54. The highest BCUT2D eigenvalue weighted by molar-refractivity contribution is 5.71. The Morgan fingerprint density at radius 2 is 1.89 bits per heavy atom. The normalized spacial score (nSPS) is 10.6. The maximum Gasteiger partial charge on any atom is 0.272 e. The van der Waals surface area contributed by atoms with Crippen LogP contribution in [-0.2, 0) is 0 Å². The molecular formula is C14H15NO3. The molecule has 0 spiro atoms. The van der Waals surface area contributed by atoms with Gasteiger partial charge in [-0.2, -0.15) is 0 Å². The van der Waals surface area contributed by atoms with Gasteiger partial charge in [0.2, 0.25) is 0 Å². The zero-order chi connectivity index (χ0) is 13.3. The minimum absolute atomic E-state index is 0.142. The molecule has 0 saturated heterocycles. The predicted molar refractivity (Wildman–Crippen MR) is 71.7 cm³/mol. The van der Waals surface area contributed by atoms with Gasteiger partial charge in [0.15, 0.2) is 5.75 Å². The Labute approximate surface area is 105 Å². The van der Waals surface area contributed by atoms with Crippen molar-refractivity contribution < 1.29 is 4.74 Å². The number of nitrogens with one attached hydrogen (secondary N) is 1. The first-order valence-electron chi connectivity index (χ1n) is 5.85. The molecule has 0 amide bonds. The summed E-state index contributed by atoms with van der Waals surface area (Å²) in [5.74, 6) is 0.142. The summed E-state index contributed by atoms with van der Waals surface area (Å²) in [6.45, 7) is 6.05. The Hall–Kier alpha value is -2.10. The van der Waals surface area contributed by atoms with Crippen LogP contribution in [0.2, 0.25) is 0 Å². The molecule has 0 aliphatic rings. The van der Waals surface area contributed by atoms with E-state index in [1.165, 1.54) is 0 Å². The van der Waals surface area contributed by atoms with Crippen LogP contribution in [-0.4, -0.2) is 6.61 Å². The van der Waals surface area contributed by atoms with E-state index in [0.29, 0.717) is 6.61 Å². The van der Waals surface area contributed by atoms with Crippen LogP contribution in [0.15, 0.2) is 27.8 Å². The van der Waals surface area contributed by atoms with Gasteiger partial charge in [-0.25, -0.2) is 0 Å². The molecule has 4 nitrogen and oxygen atoms in total. The Bertz CT molecular complexity index is 651. The summed E-state index contributed by atoms with van der Waals surface area (Å²) in [6.07, 6.45) is 0. The van der Waals surface area contributed by atoms with Gasteiger partial charge in [0, 0.05) is 5.69 Å². The molecule has 0 aromatic heterocycles. The standard InChI is InChI=1S/C14H15NO3/c1-4-18-14-11(12(16)13(14)17)15-10-7-8(2)5-6-9(10)3/h5-7,15H,4H2,1-3H3. The lowest BCUT2D eigenvalue weighted by atomic mass is 10.1. The predicted octanol–water partition coefficient (Wildman–Crippen LogP) is 2.04. The van der Waals surface area contributed by atoms with E-state index in [1.807, 2.05) is 32.0 Å². The molecule has 0 aliphatic carbocycles. The molecule has 0 atom stereocenters. The quantitative estimate of drug-likeness (QED) is 0.837. The van der Waals surface area contributed by atoms with Crippen molar-refractivity contribution in [1.29, 1.82) is 0 Å². The SMILES string of the molecule is CCOc1c(Nc2cc(C)ccc2C)c(=O)c1=O. The van der Waals surface area contributed by atoms with Crippen molar-refractivity contribution >= 4 is 11.4 Å². The molecule has 94 valence electrons. The van der Waals surface area contributed by atoms with Crippen molar-refractivity contribution in [3.8, 4) is 5.75 Å². The van der Waals surface area contributed by atoms with Crippen molar-refractivity contribution in [3.63, 3.8) is 0 Å². The summed E-state index contributed by atoms with van der Waals surface area (Å²) in [5.41, 5.74) is 2.11. The van der Waals surface area contributed by atoms with Gasteiger partial charge in [-0.05, 0) is 38.0 Å². The van der Waals surface area contributed by atoms with Crippen molar-refractivity contribution in [2.24, 2.45) is 0 Å². The van der Waals surface area contributed by atoms with Gasteiger partial charge >= 0.3 is 0 Å². The number of hydrogen-bond acceptors (Lipinski definition) is 4. The van der Waals surface area contributed by atoms with E-state index < -0.39 is 10.9 Å². The molecule has 0 radical (unpaired) electrons. The summed E-state index contributed by atoms with van der Waals surface area (Å²) >= 11 is 0. The van der Waals surface area contributed by atoms with Crippen LogP contribution >= 0.6 is 0 Å². The van der Waals surface area contributed by atoms with Crippen molar-refractivity contribution in [2.45, 2.75) is 20.8 Å². The molecule has 1 N–H and O–H groups in total. The van der Waals surface area contributed by atoms with Gasteiger partial charge in [-0.3, -0.25) is 9.59 Å². The molecule has 2 aromatic rings. The molecule has 0 fully saturated rings. The van der Waals surface area contributed by atoms with Crippen LogP contribution in [0.4, 0.5) is 11.4 Å². The Morgan fingerprint density at radius 1 is 1.17 bits per heavy atom. The summed E-state index contributed by atoms with van der Waals surface area (Å²) in [4.78, 5) is 22.8. The third-order valence-electron chi connectivity index (χ3n) is 2.81. The summed E-state index contributed by atoms with van der Waals surface area (Å²) < 4.78 is 5.16. The fourth-order valence-corrected chi connectivity index (χ4v) is 1.77. The van der Waals surface area contributed by atoms with Gasteiger partial charge in [-0.15, -0.1) is 0 Å². The van der Waals surface area contributed by atoms with E-state index in [-0.39, 0.29) is 11.4 Å². The van der Waals surface area contributed by atoms with Gasteiger partial charge in [0.25, 0.3) is 10.9 Å². The average molecular weight is 245 g/mol. The third kappa shape index (κ3) is 2.01. The van der Waals surface area contributed by atoms with Crippen LogP contribution in [0.3, 0.4) is 0 Å². The van der Waals surface area contributed by atoms with Crippen LogP contribution < -0.4 is 20.9 Å².